The van der Waals surface area contributed by atoms with Gasteiger partial charge in [0.15, 0.2) is 5.82 Å². The van der Waals surface area contributed by atoms with E-state index in [1.54, 1.807) is 12.1 Å². The third-order valence-electron chi connectivity index (χ3n) is 4.40. The van der Waals surface area contributed by atoms with Gasteiger partial charge in [0.25, 0.3) is 0 Å². The van der Waals surface area contributed by atoms with Gasteiger partial charge in [-0.1, -0.05) is 24.2 Å². The average molecular weight is 289 g/mol. The van der Waals surface area contributed by atoms with Gasteiger partial charge in [0.2, 0.25) is 5.89 Å². The quantitative estimate of drug-likeness (QED) is 0.944. The van der Waals surface area contributed by atoms with Crippen LogP contribution in [0.3, 0.4) is 0 Å². The van der Waals surface area contributed by atoms with Gasteiger partial charge in [0.1, 0.15) is 5.82 Å². The summed E-state index contributed by atoms with van der Waals surface area (Å²) in [6, 6.07) is 6.46. The van der Waals surface area contributed by atoms with Crippen molar-refractivity contribution in [3.8, 4) is 0 Å². The van der Waals surface area contributed by atoms with E-state index >= 15 is 0 Å². The van der Waals surface area contributed by atoms with Gasteiger partial charge < -0.3 is 9.84 Å². The number of nitrogens with zero attached hydrogens (tertiary/aromatic N) is 2. The van der Waals surface area contributed by atoms with Crippen LogP contribution in [-0.2, 0) is 5.41 Å². The zero-order chi connectivity index (χ0) is 15.0. The molecule has 3 rings (SSSR count). The molecule has 112 valence electrons. The predicted molar refractivity (Wildman–Crippen MR) is 77.6 cm³/mol. The maximum absolute atomic E-state index is 13.1. The molecule has 1 aliphatic rings. The molecule has 0 bridgehead atoms. The molecule has 2 aromatic rings. The van der Waals surface area contributed by atoms with Crippen molar-refractivity contribution in [2.45, 2.75) is 32.1 Å². The van der Waals surface area contributed by atoms with Crippen molar-refractivity contribution in [3.05, 3.63) is 47.4 Å². The Morgan fingerprint density at radius 2 is 1.95 bits per heavy atom. The fraction of sp³-hybridized carbons (Fsp3) is 0.500. The van der Waals surface area contributed by atoms with E-state index in [-0.39, 0.29) is 11.7 Å². The van der Waals surface area contributed by atoms with E-state index in [0.29, 0.717) is 17.6 Å². The largest absolute Gasteiger partial charge is 0.339 e. The van der Waals surface area contributed by atoms with Crippen molar-refractivity contribution in [1.29, 1.82) is 0 Å². The molecule has 0 radical (unpaired) electrons. The number of rotatable bonds is 3. The Morgan fingerprint density at radius 3 is 2.57 bits per heavy atom. The van der Waals surface area contributed by atoms with Crippen molar-refractivity contribution in [2.75, 3.05) is 13.1 Å². The lowest BCUT2D eigenvalue weighted by Gasteiger charge is -2.20. The summed E-state index contributed by atoms with van der Waals surface area (Å²) in [4.78, 5) is 4.60. The third kappa shape index (κ3) is 2.58. The van der Waals surface area contributed by atoms with Gasteiger partial charge in [-0.2, -0.15) is 4.98 Å². The van der Waals surface area contributed by atoms with E-state index < -0.39 is 5.41 Å². The topological polar surface area (TPSA) is 51.0 Å². The zero-order valence-electron chi connectivity index (χ0n) is 12.6. The standard InChI is InChI=1S/C16H20FN3O/c1-10-8-18-9-13(10)14-19-15(20-21-14)16(2,3)11-4-6-12(17)7-5-11/h4-7,10,13,18H,8-9H2,1-3H3. The monoisotopic (exact) mass is 289 g/mol. The van der Waals surface area contributed by atoms with Crippen LogP contribution >= 0.6 is 0 Å². The molecule has 1 saturated heterocycles. The summed E-state index contributed by atoms with van der Waals surface area (Å²) in [7, 11) is 0. The Balaban J connectivity index is 1.89. The molecule has 2 heterocycles. The summed E-state index contributed by atoms with van der Waals surface area (Å²) in [5, 5.41) is 7.50. The molecule has 0 saturated carbocycles. The van der Waals surface area contributed by atoms with E-state index in [1.165, 1.54) is 12.1 Å². The molecule has 2 atom stereocenters. The first-order chi connectivity index (χ1) is 9.98. The molecule has 1 aromatic carbocycles. The van der Waals surface area contributed by atoms with E-state index in [1.807, 2.05) is 13.8 Å². The number of halogens is 1. The van der Waals surface area contributed by atoms with Crippen LogP contribution in [-0.4, -0.2) is 23.2 Å². The second kappa shape index (κ2) is 5.22. The van der Waals surface area contributed by atoms with E-state index in [0.717, 1.165) is 18.7 Å². The first-order valence-corrected chi connectivity index (χ1v) is 7.29. The molecule has 21 heavy (non-hydrogen) atoms. The lowest BCUT2D eigenvalue weighted by atomic mass is 9.84. The molecular weight excluding hydrogens is 269 g/mol. The molecule has 0 aliphatic carbocycles. The van der Waals surface area contributed by atoms with Crippen LogP contribution < -0.4 is 5.32 Å². The SMILES string of the molecule is CC1CNCC1c1nc(C(C)(C)c2ccc(F)cc2)no1. The lowest BCUT2D eigenvalue weighted by molar-refractivity contribution is 0.332. The van der Waals surface area contributed by atoms with Crippen LogP contribution in [0, 0.1) is 11.7 Å². The number of nitrogens with one attached hydrogen (secondary N) is 1. The first kappa shape index (κ1) is 14.2. The molecule has 0 amide bonds. The summed E-state index contributed by atoms with van der Waals surface area (Å²) in [5.41, 5.74) is 0.555. The Morgan fingerprint density at radius 1 is 1.24 bits per heavy atom. The van der Waals surface area contributed by atoms with Crippen molar-refractivity contribution in [1.82, 2.24) is 15.5 Å². The fourth-order valence-electron chi connectivity index (χ4n) is 2.78. The summed E-state index contributed by atoms with van der Waals surface area (Å²) in [6.07, 6.45) is 0. The minimum Gasteiger partial charge on any atom is -0.339 e. The Bertz CT molecular complexity index is 621. The van der Waals surface area contributed by atoms with Crippen molar-refractivity contribution < 1.29 is 8.91 Å². The summed E-state index contributed by atoms with van der Waals surface area (Å²) < 4.78 is 18.5. The van der Waals surface area contributed by atoms with Gasteiger partial charge in [-0.05, 0) is 44.0 Å². The van der Waals surface area contributed by atoms with Crippen LogP contribution in [0.1, 0.15) is 44.0 Å². The average Bonchev–Trinajstić information content (AvgIpc) is 3.07. The smallest absolute Gasteiger partial charge is 0.231 e. The highest BCUT2D eigenvalue weighted by atomic mass is 19.1. The molecular formula is C16H20FN3O. The summed E-state index contributed by atoms with van der Waals surface area (Å²) >= 11 is 0. The van der Waals surface area contributed by atoms with Crippen LogP contribution in [0.5, 0.6) is 0 Å². The fourth-order valence-corrected chi connectivity index (χ4v) is 2.78. The van der Waals surface area contributed by atoms with Gasteiger partial charge in [0.05, 0.1) is 11.3 Å². The van der Waals surface area contributed by atoms with Crippen molar-refractivity contribution in [2.24, 2.45) is 5.92 Å². The number of hydrogen-bond donors (Lipinski definition) is 1. The summed E-state index contributed by atoms with van der Waals surface area (Å²) in [5.74, 6) is 1.86. The normalized spacial score (nSPS) is 22.7. The Hall–Kier alpha value is -1.75. The van der Waals surface area contributed by atoms with Crippen LogP contribution in [0.15, 0.2) is 28.8 Å². The lowest BCUT2D eigenvalue weighted by Crippen LogP contribution is -2.21. The zero-order valence-corrected chi connectivity index (χ0v) is 12.6. The molecule has 1 aliphatic heterocycles. The molecule has 1 aromatic heterocycles. The highest BCUT2D eigenvalue weighted by molar-refractivity contribution is 5.30. The first-order valence-electron chi connectivity index (χ1n) is 7.29. The highest BCUT2D eigenvalue weighted by Crippen LogP contribution is 2.32. The predicted octanol–water partition coefficient (Wildman–Crippen LogP) is 2.86. The molecule has 1 N–H and O–H groups in total. The highest BCUT2D eigenvalue weighted by Gasteiger charge is 2.33. The molecule has 5 heteroatoms. The van der Waals surface area contributed by atoms with E-state index in [4.69, 9.17) is 4.52 Å². The second-order valence-corrected chi connectivity index (χ2v) is 6.33. The summed E-state index contributed by atoms with van der Waals surface area (Å²) in [6.45, 7) is 8.07. The minimum atomic E-state index is -0.412. The van der Waals surface area contributed by atoms with Gasteiger partial charge in [-0.15, -0.1) is 0 Å². The van der Waals surface area contributed by atoms with E-state index in [2.05, 4.69) is 22.4 Å². The number of aromatic nitrogens is 2. The molecule has 0 spiro atoms. The van der Waals surface area contributed by atoms with Crippen molar-refractivity contribution in [3.63, 3.8) is 0 Å². The molecule has 1 fully saturated rings. The number of hydrogen-bond acceptors (Lipinski definition) is 4. The van der Waals surface area contributed by atoms with E-state index in [9.17, 15) is 4.39 Å². The minimum absolute atomic E-state index is 0.241. The van der Waals surface area contributed by atoms with Crippen LogP contribution in [0.2, 0.25) is 0 Å². The van der Waals surface area contributed by atoms with Gasteiger partial charge in [-0.25, -0.2) is 4.39 Å². The number of benzene rings is 1. The molecule has 2 unspecified atom stereocenters. The van der Waals surface area contributed by atoms with Crippen LogP contribution in [0.4, 0.5) is 4.39 Å². The third-order valence-corrected chi connectivity index (χ3v) is 4.40. The Kier molecular flexibility index (Phi) is 3.53. The second-order valence-electron chi connectivity index (χ2n) is 6.33. The molecule has 4 nitrogen and oxygen atoms in total. The van der Waals surface area contributed by atoms with Gasteiger partial charge >= 0.3 is 0 Å². The Labute approximate surface area is 123 Å². The van der Waals surface area contributed by atoms with Crippen LogP contribution in [0.25, 0.3) is 0 Å². The maximum Gasteiger partial charge on any atom is 0.231 e. The van der Waals surface area contributed by atoms with Crippen molar-refractivity contribution >= 4 is 0 Å². The maximum atomic E-state index is 13.1. The van der Waals surface area contributed by atoms with Gasteiger partial charge in [-0.3, -0.25) is 0 Å². The van der Waals surface area contributed by atoms with Gasteiger partial charge in [0, 0.05) is 6.54 Å².